The highest BCUT2D eigenvalue weighted by Crippen LogP contribution is 2.29. The van der Waals surface area contributed by atoms with Gasteiger partial charge >= 0.3 is 0 Å². The molecule has 0 aliphatic carbocycles. The minimum atomic E-state index is -0.913. The lowest BCUT2D eigenvalue weighted by Crippen LogP contribution is -2.35. The summed E-state index contributed by atoms with van der Waals surface area (Å²) >= 11 is 0. The van der Waals surface area contributed by atoms with Gasteiger partial charge in [-0.05, 0) is 35.4 Å². The molecule has 3 aromatic rings. The van der Waals surface area contributed by atoms with Gasteiger partial charge in [-0.3, -0.25) is 0 Å². The highest BCUT2D eigenvalue weighted by atomic mass is 16.6. The number of aliphatic hydroxyl groups excluding tert-OH is 1. The average molecular weight is 348 g/mol. The predicted octanol–water partition coefficient (Wildman–Crippen LogP) is 5.29. The fourth-order valence-corrected chi connectivity index (χ4v) is 2.72. The zero-order valence-electron chi connectivity index (χ0n) is 15.1. The van der Waals surface area contributed by atoms with Crippen LogP contribution in [0.3, 0.4) is 0 Å². The van der Waals surface area contributed by atoms with E-state index in [0.29, 0.717) is 6.61 Å². The second-order valence-corrected chi connectivity index (χ2v) is 6.81. The van der Waals surface area contributed by atoms with Gasteiger partial charge in [-0.2, -0.15) is 0 Å². The molecule has 0 bridgehead atoms. The van der Waals surface area contributed by atoms with Crippen LogP contribution in [-0.2, 0) is 16.8 Å². The first-order valence-corrected chi connectivity index (χ1v) is 8.73. The van der Waals surface area contributed by atoms with Gasteiger partial charge in [-0.15, -0.1) is 0 Å². The van der Waals surface area contributed by atoms with Crippen molar-refractivity contribution in [2.75, 3.05) is 0 Å². The summed E-state index contributed by atoms with van der Waals surface area (Å²) in [6.45, 7) is 4.26. The van der Waals surface area contributed by atoms with E-state index in [4.69, 9.17) is 9.47 Å². The highest BCUT2D eigenvalue weighted by molar-refractivity contribution is 5.33. The van der Waals surface area contributed by atoms with E-state index in [9.17, 15) is 5.11 Å². The lowest BCUT2D eigenvalue weighted by molar-refractivity contribution is -0.146. The highest BCUT2D eigenvalue weighted by Gasteiger charge is 2.30. The van der Waals surface area contributed by atoms with Gasteiger partial charge in [0.2, 0.25) is 0 Å². The lowest BCUT2D eigenvalue weighted by atomic mass is 9.84. The first-order valence-electron chi connectivity index (χ1n) is 8.73. The SMILES string of the molecule is CC(C)(c1ccccc1)C(O)OCc1cccc(Oc2ccccc2)c1. The molecule has 0 saturated carbocycles. The van der Waals surface area contributed by atoms with E-state index < -0.39 is 11.7 Å². The number of rotatable bonds is 7. The molecule has 3 rings (SSSR count). The first kappa shape index (κ1) is 18.2. The summed E-state index contributed by atoms with van der Waals surface area (Å²) in [7, 11) is 0. The van der Waals surface area contributed by atoms with Crippen molar-refractivity contribution in [2.45, 2.75) is 32.2 Å². The molecule has 0 aromatic heterocycles. The zero-order chi connectivity index (χ0) is 18.4. The largest absolute Gasteiger partial charge is 0.457 e. The van der Waals surface area contributed by atoms with Crippen molar-refractivity contribution in [1.29, 1.82) is 0 Å². The van der Waals surface area contributed by atoms with Crippen molar-refractivity contribution in [3.63, 3.8) is 0 Å². The third-order valence-electron chi connectivity index (χ3n) is 4.42. The Labute approximate surface area is 154 Å². The molecule has 3 aromatic carbocycles. The molecule has 0 saturated heterocycles. The van der Waals surface area contributed by atoms with E-state index in [1.807, 2.05) is 98.8 Å². The predicted molar refractivity (Wildman–Crippen MR) is 103 cm³/mol. The van der Waals surface area contributed by atoms with Gasteiger partial charge in [-0.25, -0.2) is 0 Å². The maximum Gasteiger partial charge on any atom is 0.164 e. The number of para-hydroxylation sites is 1. The number of hydrogen-bond donors (Lipinski definition) is 1. The summed E-state index contributed by atoms with van der Waals surface area (Å²) < 4.78 is 11.6. The summed E-state index contributed by atoms with van der Waals surface area (Å²) in [6.07, 6.45) is -0.913. The van der Waals surface area contributed by atoms with Gasteiger partial charge in [0.15, 0.2) is 6.29 Å². The van der Waals surface area contributed by atoms with Crippen molar-refractivity contribution < 1.29 is 14.6 Å². The van der Waals surface area contributed by atoms with Gasteiger partial charge in [0.1, 0.15) is 11.5 Å². The Morgan fingerprint density at radius 1 is 0.808 bits per heavy atom. The standard InChI is InChI=1S/C23H24O3/c1-23(2,19-11-5-3-6-12-19)22(24)25-17-18-10-9-15-21(16-18)26-20-13-7-4-8-14-20/h3-16,22,24H,17H2,1-2H3. The Kier molecular flexibility index (Phi) is 5.71. The van der Waals surface area contributed by atoms with Crippen LogP contribution in [0.25, 0.3) is 0 Å². The number of benzene rings is 3. The molecule has 3 nitrogen and oxygen atoms in total. The maximum absolute atomic E-state index is 10.5. The van der Waals surface area contributed by atoms with E-state index in [0.717, 1.165) is 22.6 Å². The molecule has 3 heteroatoms. The molecule has 1 atom stereocenters. The average Bonchev–Trinajstić information content (AvgIpc) is 2.68. The van der Waals surface area contributed by atoms with E-state index in [1.54, 1.807) is 0 Å². The number of aliphatic hydroxyl groups is 1. The van der Waals surface area contributed by atoms with Crippen LogP contribution in [-0.4, -0.2) is 11.4 Å². The summed E-state index contributed by atoms with van der Waals surface area (Å²) in [5, 5.41) is 10.5. The first-order chi connectivity index (χ1) is 12.6. The molecular weight excluding hydrogens is 324 g/mol. The van der Waals surface area contributed by atoms with Crippen LogP contribution in [0.2, 0.25) is 0 Å². The number of hydrogen-bond acceptors (Lipinski definition) is 3. The van der Waals surface area contributed by atoms with Crippen molar-refractivity contribution in [3.05, 3.63) is 96.1 Å². The molecule has 0 spiro atoms. The van der Waals surface area contributed by atoms with E-state index >= 15 is 0 Å². The lowest BCUT2D eigenvalue weighted by Gasteiger charge is -2.30. The van der Waals surface area contributed by atoms with Crippen LogP contribution in [0.5, 0.6) is 11.5 Å². The Bertz CT molecular complexity index is 813. The molecule has 1 N–H and O–H groups in total. The summed E-state index contributed by atoms with van der Waals surface area (Å²) in [5.41, 5.74) is 1.48. The summed E-state index contributed by atoms with van der Waals surface area (Å²) in [6, 6.07) is 27.3. The second kappa shape index (κ2) is 8.17. The fraction of sp³-hybridized carbons (Fsp3) is 0.217. The van der Waals surface area contributed by atoms with E-state index in [1.165, 1.54) is 0 Å². The molecule has 134 valence electrons. The number of ether oxygens (including phenoxy) is 2. The van der Waals surface area contributed by atoms with Gasteiger partial charge < -0.3 is 14.6 Å². The molecule has 0 fully saturated rings. The molecule has 1 unspecified atom stereocenters. The Balaban J connectivity index is 1.63. The van der Waals surface area contributed by atoms with E-state index in [2.05, 4.69) is 0 Å². The van der Waals surface area contributed by atoms with Crippen LogP contribution in [0.4, 0.5) is 0 Å². The topological polar surface area (TPSA) is 38.7 Å². The normalized spacial score (nSPS) is 12.6. The molecule has 0 amide bonds. The molecule has 0 radical (unpaired) electrons. The molecule has 0 aliphatic heterocycles. The third-order valence-corrected chi connectivity index (χ3v) is 4.42. The van der Waals surface area contributed by atoms with Crippen molar-refractivity contribution >= 4 is 0 Å². The smallest absolute Gasteiger partial charge is 0.164 e. The van der Waals surface area contributed by atoms with Crippen LogP contribution in [0.15, 0.2) is 84.9 Å². The minimum Gasteiger partial charge on any atom is -0.457 e. The second-order valence-electron chi connectivity index (χ2n) is 6.81. The summed E-state index contributed by atoms with van der Waals surface area (Å²) in [5.74, 6) is 1.53. The minimum absolute atomic E-state index is 0.309. The van der Waals surface area contributed by atoms with Crippen LogP contribution >= 0.6 is 0 Å². The quantitative estimate of drug-likeness (QED) is 0.590. The van der Waals surface area contributed by atoms with Crippen molar-refractivity contribution in [3.8, 4) is 11.5 Å². The summed E-state index contributed by atoms with van der Waals surface area (Å²) in [4.78, 5) is 0. The van der Waals surface area contributed by atoms with E-state index in [-0.39, 0.29) is 0 Å². The molecule has 0 heterocycles. The molecular formula is C23H24O3. The van der Waals surface area contributed by atoms with Gasteiger partial charge in [-0.1, -0.05) is 74.5 Å². The Morgan fingerprint density at radius 3 is 2.12 bits per heavy atom. The van der Waals surface area contributed by atoms with Crippen molar-refractivity contribution in [2.24, 2.45) is 0 Å². The molecule has 26 heavy (non-hydrogen) atoms. The van der Waals surface area contributed by atoms with Gasteiger partial charge in [0.25, 0.3) is 0 Å². The van der Waals surface area contributed by atoms with Crippen LogP contribution in [0, 0.1) is 0 Å². The Hall–Kier alpha value is -2.62. The van der Waals surface area contributed by atoms with Gasteiger partial charge in [0.05, 0.1) is 6.61 Å². The maximum atomic E-state index is 10.5. The van der Waals surface area contributed by atoms with Crippen LogP contribution in [0.1, 0.15) is 25.0 Å². The molecule has 0 aliphatic rings. The fourth-order valence-electron chi connectivity index (χ4n) is 2.72. The van der Waals surface area contributed by atoms with Crippen molar-refractivity contribution in [1.82, 2.24) is 0 Å². The zero-order valence-corrected chi connectivity index (χ0v) is 15.1. The van der Waals surface area contributed by atoms with Crippen LogP contribution < -0.4 is 4.74 Å². The Morgan fingerprint density at radius 2 is 1.42 bits per heavy atom. The third kappa shape index (κ3) is 4.51. The monoisotopic (exact) mass is 348 g/mol. The van der Waals surface area contributed by atoms with Gasteiger partial charge in [0, 0.05) is 5.41 Å².